The summed E-state index contributed by atoms with van der Waals surface area (Å²) >= 11 is 6.04. The molecule has 1 amide bonds. The minimum Gasteiger partial charge on any atom is -0.491 e. The highest BCUT2D eigenvalue weighted by Gasteiger charge is 2.10. The minimum absolute atomic E-state index is 0.0633. The molecule has 0 saturated heterocycles. The fourth-order valence-electron chi connectivity index (χ4n) is 2.79. The van der Waals surface area contributed by atoms with Gasteiger partial charge in [-0.1, -0.05) is 35.9 Å². The summed E-state index contributed by atoms with van der Waals surface area (Å²) in [6.45, 7) is 7.59. The summed E-state index contributed by atoms with van der Waals surface area (Å²) in [4.78, 5) is 16.6. The van der Waals surface area contributed by atoms with E-state index in [0.717, 1.165) is 11.3 Å². The normalized spacial score (nSPS) is 12.4. The summed E-state index contributed by atoms with van der Waals surface area (Å²) in [7, 11) is 0. The first-order chi connectivity index (χ1) is 14.9. The van der Waals surface area contributed by atoms with E-state index >= 15 is 0 Å². The van der Waals surface area contributed by atoms with E-state index in [-0.39, 0.29) is 18.6 Å². The van der Waals surface area contributed by atoms with Crippen molar-refractivity contribution in [3.8, 4) is 5.75 Å². The molecule has 4 N–H and O–H groups in total. The van der Waals surface area contributed by atoms with Gasteiger partial charge in [-0.2, -0.15) is 0 Å². The van der Waals surface area contributed by atoms with Crippen molar-refractivity contribution in [3.05, 3.63) is 64.7 Å². The van der Waals surface area contributed by atoms with Gasteiger partial charge in [0.05, 0.1) is 29.3 Å². The van der Waals surface area contributed by atoms with Crippen LogP contribution in [-0.2, 0) is 0 Å². The average molecular weight is 447 g/mol. The van der Waals surface area contributed by atoms with Crippen LogP contribution in [0, 0.1) is 0 Å². The number of aliphatic hydroxyl groups is 1. The highest BCUT2D eigenvalue weighted by molar-refractivity contribution is 6.33. The number of amides is 1. The molecule has 1 unspecified atom stereocenters. The first-order valence-electron chi connectivity index (χ1n) is 10.4. The number of rotatable bonds is 10. The maximum Gasteiger partial charge on any atom is 0.252 e. The fraction of sp³-hybridized carbons (Fsp3) is 0.391. The molecule has 0 heterocycles. The first kappa shape index (κ1) is 24.5. The Morgan fingerprint density at radius 3 is 2.55 bits per heavy atom. The smallest absolute Gasteiger partial charge is 0.252 e. The Kier molecular flexibility index (Phi) is 10.1. The molecule has 2 rings (SSSR count). The molecule has 0 aliphatic rings. The Morgan fingerprint density at radius 2 is 1.84 bits per heavy atom. The summed E-state index contributed by atoms with van der Waals surface area (Å²) in [5, 5.41) is 20.0. The summed E-state index contributed by atoms with van der Waals surface area (Å²) in [5.41, 5.74) is 1.18. The van der Waals surface area contributed by atoms with Crippen LogP contribution in [0.1, 0.15) is 42.8 Å². The third-order valence-corrected chi connectivity index (χ3v) is 4.53. The van der Waals surface area contributed by atoms with Crippen LogP contribution < -0.4 is 20.7 Å². The van der Waals surface area contributed by atoms with Crippen LogP contribution in [0.25, 0.3) is 0 Å². The highest BCUT2D eigenvalue weighted by Crippen LogP contribution is 2.20. The molecule has 0 saturated carbocycles. The number of halogens is 1. The van der Waals surface area contributed by atoms with E-state index in [4.69, 9.17) is 16.3 Å². The second kappa shape index (κ2) is 12.8. The Balaban J connectivity index is 1.85. The van der Waals surface area contributed by atoms with Crippen molar-refractivity contribution in [1.82, 2.24) is 16.0 Å². The topological polar surface area (TPSA) is 95.0 Å². The highest BCUT2D eigenvalue weighted by atomic mass is 35.5. The first-order valence-corrected chi connectivity index (χ1v) is 10.8. The Bertz CT molecular complexity index is 873. The van der Waals surface area contributed by atoms with Gasteiger partial charge in [0.2, 0.25) is 0 Å². The van der Waals surface area contributed by atoms with Gasteiger partial charge in [-0.3, -0.25) is 9.79 Å². The minimum atomic E-state index is -0.758. The molecule has 7 nitrogen and oxygen atoms in total. The average Bonchev–Trinajstić information content (AvgIpc) is 2.74. The molecular weight excluding hydrogens is 416 g/mol. The van der Waals surface area contributed by atoms with Crippen molar-refractivity contribution in [2.75, 3.05) is 26.2 Å². The summed E-state index contributed by atoms with van der Waals surface area (Å²) in [6.07, 6.45) is -0.695. The van der Waals surface area contributed by atoms with Gasteiger partial charge in [-0.25, -0.2) is 0 Å². The van der Waals surface area contributed by atoms with Gasteiger partial charge >= 0.3 is 0 Å². The van der Waals surface area contributed by atoms with E-state index in [1.165, 1.54) is 0 Å². The van der Waals surface area contributed by atoms with Gasteiger partial charge in [-0.15, -0.1) is 0 Å². The lowest BCUT2D eigenvalue weighted by atomic mass is 10.1. The summed E-state index contributed by atoms with van der Waals surface area (Å²) in [6, 6.07) is 14.3. The van der Waals surface area contributed by atoms with E-state index in [2.05, 4.69) is 20.9 Å². The number of carbonyl (C=O) groups is 1. The lowest BCUT2D eigenvalue weighted by Gasteiger charge is -2.15. The number of hydrogen-bond acceptors (Lipinski definition) is 4. The third kappa shape index (κ3) is 8.47. The SMILES string of the molecule is CCNC(=NCC(O)c1cccc(OC(C)C)c1)NCCNC(=O)c1ccccc1Cl. The summed E-state index contributed by atoms with van der Waals surface area (Å²) < 4.78 is 5.68. The van der Waals surface area contributed by atoms with E-state index in [0.29, 0.717) is 36.2 Å². The van der Waals surface area contributed by atoms with Crippen molar-refractivity contribution >= 4 is 23.5 Å². The third-order valence-electron chi connectivity index (χ3n) is 4.20. The van der Waals surface area contributed by atoms with Gasteiger partial charge in [0.15, 0.2) is 5.96 Å². The van der Waals surface area contributed by atoms with Crippen molar-refractivity contribution < 1.29 is 14.6 Å². The van der Waals surface area contributed by atoms with Gasteiger partial charge in [0.1, 0.15) is 5.75 Å². The quantitative estimate of drug-likeness (QED) is 0.255. The van der Waals surface area contributed by atoms with E-state index < -0.39 is 6.10 Å². The number of benzene rings is 2. The number of nitrogens with zero attached hydrogens (tertiary/aromatic N) is 1. The number of hydrogen-bond donors (Lipinski definition) is 4. The monoisotopic (exact) mass is 446 g/mol. The fourth-order valence-corrected chi connectivity index (χ4v) is 3.01. The molecular formula is C23H31ClN4O3. The zero-order valence-electron chi connectivity index (χ0n) is 18.2. The number of guanidine groups is 1. The molecule has 2 aromatic rings. The predicted molar refractivity (Wildman–Crippen MR) is 125 cm³/mol. The molecule has 2 aromatic carbocycles. The van der Waals surface area contributed by atoms with Gasteiger partial charge in [0, 0.05) is 19.6 Å². The molecule has 168 valence electrons. The second-order valence-corrected chi connectivity index (χ2v) is 7.54. The zero-order chi connectivity index (χ0) is 22.6. The Hall–Kier alpha value is -2.77. The van der Waals surface area contributed by atoms with Crippen LogP contribution >= 0.6 is 11.6 Å². The van der Waals surface area contributed by atoms with Gasteiger partial charge in [-0.05, 0) is 50.6 Å². The summed E-state index contributed by atoms with van der Waals surface area (Å²) in [5.74, 6) is 1.05. The van der Waals surface area contributed by atoms with Crippen LogP contribution in [0.3, 0.4) is 0 Å². The lowest BCUT2D eigenvalue weighted by molar-refractivity contribution is 0.0954. The van der Waals surface area contributed by atoms with Gasteiger partial charge in [0.25, 0.3) is 5.91 Å². The van der Waals surface area contributed by atoms with Crippen LogP contribution in [0.5, 0.6) is 5.75 Å². The number of ether oxygens (including phenoxy) is 1. The molecule has 8 heteroatoms. The zero-order valence-corrected chi connectivity index (χ0v) is 18.9. The molecule has 0 aliphatic heterocycles. The number of aliphatic hydroxyl groups excluding tert-OH is 1. The second-order valence-electron chi connectivity index (χ2n) is 7.14. The maximum atomic E-state index is 12.2. The largest absolute Gasteiger partial charge is 0.491 e. The van der Waals surface area contributed by atoms with Crippen LogP contribution in [0.2, 0.25) is 5.02 Å². The standard InChI is InChI=1S/C23H31ClN4O3/c1-4-25-23(27-13-12-26-22(30)19-10-5-6-11-20(19)24)28-15-21(29)17-8-7-9-18(14-17)31-16(2)3/h5-11,14,16,21,29H,4,12-13,15H2,1-3H3,(H,26,30)(H2,25,27,28). The van der Waals surface area contributed by atoms with E-state index in [1.807, 2.05) is 45.0 Å². The predicted octanol–water partition coefficient (Wildman–Crippen LogP) is 3.15. The van der Waals surface area contributed by atoms with Crippen molar-refractivity contribution in [3.63, 3.8) is 0 Å². The maximum absolute atomic E-state index is 12.2. The van der Waals surface area contributed by atoms with Crippen molar-refractivity contribution in [2.45, 2.75) is 33.0 Å². The van der Waals surface area contributed by atoms with E-state index in [9.17, 15) is 9.90 Å². The Morgan fingerprint density at radius 1 is 1.10 bits per heavy atom. The molecule has 0 bridgehead atoms. The van der Waals surface area contributed by atoms with E-state index in [1.54, 1.807) is 24.3 Å². The molecule has 0 fully saturated rings. The van der Waals surface area contributed by atoms with Crippen LogP contribution in [-0.4, -0.2) is 49.3 Å². The van der Waals surface area contributed by atoms with Crippen LogP contribution in [0.4, 0.5) is 0 Å². The van der Waals surface area contributed by atoms with Crippen molar-refractivity contribution in [2.24, 2.45) is 4.99 Å². The van der Waals surface area contributed by atoms with Crippen molar-refractivity contribution in [1.29, 1.82) is 0 Å². The molecule has 0 radical (unpaired) electrons. The number of carbonyl (C=O) groups excluding carboxylic acids is 1. The number of nitrogens with one attached hydrogen (secondary N) is 3. The van der Waals surface area contributed by atoms with Gasteiger partial charge < -0.3 is 25.8 Å². The lowest BCUT2D eigenvalue weighted by Crippen LogP contribution is -2.41. The molecule has 0 aliphatic carbocycles. The molecule has 31 heavy (non-hydrogen) atoms. The Labute approximate surface area is 188 Å². The molecule has 0 spiro atoms. The molecule has 0 aromatic heterocycles. The van der Waals surface area contributed by atoms with Crippen LogP contribution in [0.15, 0.2) is 53.5 Å². The molecule has 1 atom stereocenters. The number of aliphatic imine (C=N–C) groups is 1.